The summed E-state index contributed by atoms with van der Waals surface area (Å²) in [6.07, 6.45) is 1.26. The van der Waals surface area contributed by atoms with Gasteiger partial charge in [-0.1, -0.05) is 11.6 Å². The number of rotatable bonds is 3. The number of halogens is 2. The van der Waals surface area contributed by atoms with Crippen molar-refractivity contribution in [2.24, 2.45) is 0 Å². The molecular formula is C13H10ClFN2O3. The predicted molar refractivity (Wildman–Crippen MR) is 71.8 cm³/mol. The molecule has 0 aliphatic rings. The predicted octanol–water partition coefficient (Wildman–Crippen LogP) is 4.19. The maximum Gasteiger partial charge on any atom is 0.272 e. The number of hydrogen-bond donors (Lipinski definition) is 0. The summed E-state index contributed by atoms with van der Waals surface area (Å²) in [4.78, 5) is 14.1. The van der Waals surface area contributed by atoms with Crippen LogP contribution in [0.3, 0.4) is 0 Å². The molecule has 0 saturated carbocycles. The Morgan fingerprint density at radius 1 is 1.30 bits per heavy atom. The molecule has 0 atom stereocenters. The quantitative estimate of drug-likeness (QED) is 0.629. The molecule has 20 heavy (non-hydrogen) atoms. The van der Waals surface area contributed by atoms with Crippen molar-refractivity contribution in [1.29, 1.82) is 0 Å². The van der Waals surface area contributed by atoms with Crippen LogP contribution in [0.15, 0.2) is 24.4 Å². The van der Waals surface area contributed by atoms with Crippen LogP contribution in [-0.2, 0) is 0 Å². The first-order chi connectivity index (χ1) is 9.38. The lowest BCUT2D eigenvalue weighted by Crippen LogP contribution is -1.97. The summed E-state index contributed by atoms with van der Waals surface area (Å²) in [5.41, 5.74) is 0.919. The van der Waals surface area contributed by atoms with E-state index in [1.807, 2.05) is 0 Å². The first-order valence-corrected chi connectivity index (χ1v) is 6.01. The van der Waals surface area contributed by atoms with Crippen LogP contribution >= 0.6 is 11.6 Å². The molecule has 1 aromatic heterocycles. The Morgan fingerprint density at radius 3 is 2.60 bits per heavy atom. The standard InChI is InChI=1S/C13H10ClFN2O3/c1-7-4-12(8(2)3-11(7)17(18)19)20-13-10(15)5-9(14)6-16-13/h3-6H,1-2H3. The third kappa shape index (κ3) is 2.85. The van der Waals surface area contributed by atoms with Crippen molar-refractivity contribution in [2.75, 3.05) is 0 Å². The van der Waals surface area contributed by atoms with E-state index in [4.69, 9.17) is 16.3 Å². The Hall–Kier alpha value is -2.21. The number of nitrogens with zero attached hydrogens (tertiary/aromatic N) is 2. The fraction of sp³-hybridized carbons (Fsp3) is 0.154. The molecule has 1 aromatic carbocycles. The number of pyridine rings is 1. The second kappa shape index (κ2) is 5.42. The fourth-order valence-electron chi connectivity index (χ4n) is 1.66. The van der Waals surface area contributed by atoms with Gasteiger partial charge < -0.3 is 4.74 Å². The van der Waals surface area contributed by atoms with E-state index >= 15 is 0 Å². The summed E-state index contributed by atoms with van der Waals surface area (Å²) in [5.74, 6) is -0.625. The minimum absolute atomic E-state index is 0.0145. The van der Waals surface area contributed by atoms with Crippen molar-refractivity contribution in [3.8, 4) is 11.6 Å². The van der Waals surface area contributed by atoms with Crippen molar-refractivity contribution >= 4 is 17.3 Å². The molecule has 0 aliphatic heterocycles. The van der Waals surface area contributed by atoms with Crippen molar-refractivity contribution in [3.05, 3.63) is 56.5 Å². The van der Waals surface area contributed by atoms with Gasteiger partial charge in [0.05, 0.1) is 9.95 Å². The summed E-state index contributed by atoms with van der Waals surface area (Å²) >= 11 is 5.60. The van der Waals surface area contributed by atoms with Gasteiger partial charge in [0.15, 0.2) is 5.82 Å². The van der Waals surface area contributed by atoms with E-state index in [9.17, 15) is 14.5 Å². The zero-order chi connectivity index (χ0) is 14.9. The first-order valence-electron chi connectivity index (χ1n) is 5.63. The van der Waals surface area contributed by atoms with E-state index in [2.05, 4.69) is 4.98 Å². The number of hydrogen-bond acceptors (Lipinski definition) is 4. The molecule has 0 unspecified atom stereocenters. The van der Waals surface area contributed by atoms with Gasteiger partial charge >= 0.3 is 0 Å². The Balaban J connectivity index is 2.39. The smallest absolute Gasteiger partial charge is 0.272 e. The molecular weight excluding hydrogens is 287 g/mol. The molecule has 0 aliphatic carbocycles. The summed E-state index contributed by atoms with van der Waals surface area (Å²) < 4.78 is 18.9. The van der Waals surface area contributed by atoms with E-state index in [1.54, 1.807) is 13.8 Å². The maximum atomic E-state index is 13.6. The molecule has 7 heteroatoms. The number of aromatic nitrogens is 1. The third-order valence-corrected chi connectivity index (χ3v) is 2.88. The van der Waals surface area contributed by atoms with Crippen molar-refractivity contribution in [3.63, 3.8) is 0 Å². The average Bonchev–Trinajstić information content (AvgIpc) is 2.36. The number of benzene rings is 1. The van der Waals surface area contributed by atoms with Gasteiger partial charge in [0.2, 0.25) is 0 Å². The SMILES string of the molecule is Cc1cc([N+](=O)[O-])c(C)cc1Oc1ncc(Cl)cc1F. The molecule has 0 amide bonds. The van der Waals surface area contributed by atoms with Gasteiger partial charge in [-0.15, -0.1) is 0 Å². The Bertz CT molecular complexity index is 692. The van der Waals surface area contributed by atoms with Gasteiger partial charge in [-0.05, 0) is 31.5 Å². The molecule has 0 radical (unpaired) electrons. The van der Waals surface area contributed by atoms with E-state index in [0.29, 0.717) is 16.9 Å². The van der Waals surface area contributed by atoms with Gasteiger partial charge in [-0.2, -0.15) is 0 Å². The van der Waals surface area contributed by atoms with Crippen LogP contribution in [0.1, 0.15) is 11.1 Å². The highest BCUT2D eigenvalue weighted by Gasteiger charge is 2.16. The van der Waals surface area contributed by atoms with Gasteiger partial charge in [-0.25, -0.2) is 9.37 Å². The molecule has 0 bridgehead atoms. The summed E-state index contributed by atoms with van der Waals surface area (Å²) in [5, 5.41) is 11.0. The van der Waals surface area contributed by atoms with Crippen LogP contribution in [0, 0.1) is 29.8 Å². The molecule has 0 saturated heterocycles. The Morgan fingerprint density at radius 2 is 2.00 bits per heavy atom. The largest absolute Gasteiger partial charge is 0.436 e. The van der Waals surface area contributed by atoms with Crippen LogP contribution < -0.4 is 4.74 Å². The highest BCUT2D eigenvalue weighted by molar-refractivity contribution is 6.30. The fourth-order valence-corrected chi connectivity index (χ4v) is 1.81. The molecule has 0 fully saturated rings. The highest BCUT2D eigenvalue weighted by Crippen LogP contribution is 2.31. The normalized spacial score (nSPS) is 10.4. The third-order valence-electron chi connectivity index (χ3n) is 2.67. The summed E-state index contributed by atoms with van der Waals surface area (Å²) in [6.45, 7) is 3.21. The zero-order valence-electron chi connectivity index (χ0n) is 10.7. The minimum atomic E-state index is -0.701. The second-order valence-electron chi connectivity index (χ2n) is 4.20. The maximum absolute atomic E-state index is 13.6. The number of aryl methyl sites for hydroxylation is 2. The molecule has 0 spiro atoms. The Labute approximate surface area is 119 Å². The average molecular weight is 297 g/mol. The lowest BCUT2D eigenvalue weighted by molar-refractivity contribution is -0.385. The molecule has 2 aromatic rings. The molecule has 5 nitrogen and oxygen atoms in total. The van der Waals surface area contributed by atoms with E-state index < -0.39 is 10.7 Å². The highest BCUT2D eigenvalue weighted by atomic mass is 35.5. The molecule has 2 rings (SSSR count). The number of nitro groups is 1. The van der Waals surface area contributed by atoms with E-state index in [1.165, 1.54) is 18.3 Å². The monoisotopic (exact) mass is 296 g/mol. The Kier molecular flexibility index (Phi) is 3.85. The summed E-state index contributed by atoms with van der Waals surface area (Å²) in [6, 6.07) is 3.93. The van der Waals surface area contributed by atoms with Crippen LogP contribution in [0.25, 0.3) is 0 Å². The van der Waals surface area contributed by atoms with Gasteiger partial charge in [0, 0.05) is 17.8 Å². The van der Waals surface area contributed by atoms with Gasteiger partial charge in [0.1, 0.15) is 5.75 Å². The van der Waals surface area contributed by atoms with Crippen LogP contribution in [0.5, 0.6) is 11.6 Å². The molecule has 104 valence electrons. The molecule has 0 N–H and O–H groups in total. The topological polar surface area (TPSA) is 65.3 Å². The number of ether oxygens (including phenoxy) is 1. The number of nitro benzene ring substituents is 1. The van der Waals surface area contributed by atoms with Crippen LogP contribution in [-0.4, -0.2) is 9.91 Å². The van der Waals surface area contributed by atoms with Gasteiger partial charge in [0.25, 0.3) is 11.6 Å². The van der Waals surface area contributed by atoms with Crippen molar-refractivity contribution < 1.29 is 14.1 Å². The van der Waals surface area contributed by atoms with Crippen molar-refractivity contribution in [1.82, 2.24) is 4.98 Å². The first kappa shape index (κ1) is 14.2. The van der Waals surface area contributed by atoms with Gasteiger partial charge in [-0.3, -0.25) is 10.1 Å². The lowest BCUT2D eigenvalue weighted by atomic mass is 10.1. The van der Waals surface area contributed by atoms with Crippen molar-refractivity contribution in [2.45, 2.75) is 13.8 Å². The van der Waals surface area contributed by atoms with Crippen LogP contribution in [0.4, 0.5) is 10.1 Å². The minimum Gasteiger partial charge on any atom is -0.436 e. The molecule has 1 heterocycles. The lowest BCUT2D eigenvalue weighted by Gasteiger charge is -2.09. The second-order valence-corrected chi connectivity index (χ2v) is 4.64. The van der Waals surface area contributed by atoms with E-state index in [0.717, 1.165) is 6.07 Å². The van der Waals surface area contributed by atoms with E-state index in [-0.39, 0.29) is 16.6 Å². The zero-order valence-corrected chi connectivity index (χ0v) is 11.4. The van der Waals surface area contributed by atoms with Crippen LogP contribution in [0.2, 0.25) is 5.02 Å². The summed E-state index contributed by atoms with van der Waals surface area (Å²) in [7, 11) is 0.